The Bertz CT molecular complexity index is 591. The van der Waals surface area contributed by atoms with Crippen LogP contribution in [0.15, 0.2) is 29.3 Å². The molecule has 0 saturated carbocycles. The zero-order chi connectivity index (χ0) is 16.2. The fourth-order valence-corrected chi connectivity index (χ4v) is 3.23. The number of rotatable bonds is 5. The number of guanidine groups is 1. The Hall–Kier alpha value is -1.35. The molecular weight excluding hydrogens is 419 g/mol. The quantitative estimate of drug-likeness (QED) is 0.367. The van der Waals surface area contributed by atoms with Crippen LogP contribution in [0, 0.1) is 0 Å². The number of fused-ring (bicyclic) bond motifs is 2. The van der Waals surface area contributed by atoms with Crippen LogP contribution in [0.4, 0.5) is 0 Å². The van der Waals surface area contributed by atoms with Crippen LogP contribution in [0.2, 0.25) is 0 Å². The van der Waals surface area contributed by atoms with Crippen LogP contribution >= 0.6 is 24.0 Å². The number of hydrogen-bond acceptors (Lipinski definition) is 3. The third-order valence-electron chi connectivity index (χ3n) is 4.43. The van der Waals surface area contributed by atoms with Gasteiger partial charge >= 0.3 is 0 Å². The molecule has 2 aliphatic rings. The minimum Gasteiger partial charge on any atom is -0.373 e. The Labute approximate surface area is 159 Å². The first-order valence-corrected chi connectivity index (χ1v) is 8.24. The van der Waals surface area contributed by atoms with Gasteiger partial charge in [0.1, 0.15) is 0 Å². The lowest BCUT2D eigenvalue weighted by atomic mass is 9.96. The largest absolute Gasteiger partial charge is 0.373 e. The minimum absolute atomic E-state index is 0. The van der Waals surface area contributed by atoms with Gasteiger partial charge in [0.15, 0.2) is 5.96 Å². The standard InChI is InChI=1S/C17H24N4O2.HI/c1-2-19-17(21-14-9-13-7-8-15(14)23-13)20-10-11-3-5-12(6-4-11)16(18)22;/h3-6,13-15H,2,7-10H2,1H3,(H2,18,22)(H2,19,20,21);1H. The second-order valence-corrected chi connectivity index (χ2v) is 6.12. The Morgan fingerprint density at radius 1 is 1.33 bits per heavy atom. The average molecular weight is 444 g/mol. The summed E-state index contributed by atoms with van der Waals surface area (Å²) < 4.78 is 5.87. The first-order chi connectivity index (χ1) is 11.2. The highest BCUT2D eigenvalue weighted by molar-refractivity contribution is 14.0. The van der Waals surface area contributed by atoms with E-state index in [4.69, 9.17) is 10.5 Å². The summed E-state index contributed by atoms with van der Waals surface area (Å²) in [4.78, 5) is 15.7. The van der Waals surface area contributed by atoms with Crippen molar-refractivity contribution in [3.05, 3.63) is 35.4 Å². The van der Waals surface area contributed by atoms with Crippen molar-refractivity contribution in [3.63, 3.8) is 0 Å². The molecule has 132 valence electrons. The van der Waals surface area contributed by atoms with Crippen LogP contribution in [-0.4, -0.2) is 36.7 Å². The van der Waals surface area contributed by atoms with E-state index in [1.165, 1.54) is 6.42 Å². The summed E-state index contributed by atoms with van der Waals surface area (Å²) in [7, 11) is 0. The van der Waals surface area contributed by atoms with Crippen LogP contribution in [0.25, 0.3) is 0 Å². The summed E-state index contributed by atoms with van der Waals surface area (Å²) in [5, 5.41) is 6.77. The smallest absolute Gasteiger partial charge is 0.248 e. The summed E-state index contributed by atoms with van der Waals surface area (Å²) in [5.41, 5.74) is 6.80. The Kier molecular flexibility index (Phi) is 6.85. The molecule has 1 amide bonds. The highest BCUT2D eigenvalue weighted by Gasteiger charge is 2.41. The summed E-state index contributed by atoms with van der Waals surface area (Å²) in [6.45, 7) is 3.42. The molecule has 0 aliphatic carbocycles. The molecule has 0 spiro atoms. The van der Waals surface area contributed by atoms with E-state index >= 15 is 0 Å². The number of nitrogens with zero attached hydrogens (tertiary/aromatic N) is 1. The van der Waals surface area contributed by atoms with E-state index in [-0.39, 0.29) is 24.0 Å². The molecule has 24 heavy (non-hydrogen) atoms. The number of carbonyl (C=O) groups is 1. The first-order valence-electron chi connectivity index (χ1n) is 8.24. The maximum atomic E-state index is 11.1. The van der Waals surface area contributed by atoms with Crippen LogP contribution in [0.5, 0.6) is 0 Å². The topological polar surface area (TPSA) is 88.7 Å². The maximum absolute atomic E-state index is 11.1. The fraction of sp³-hybridized carbons (Fsp3) is 0.529. The Morgan fingerprint density at radius 3 is 2.62 bits per heavy atom. The molecule has 1 aromatic carbocycles. The van der Waals surface area contributed by atoms with Crippen molar-refractivity contribution in [2.24, 2.45) is 10.7 Å². The second kappa shape index (κ2) is 8.66. The molecule has 2 heterocycles. The van der Waals surface area contributed by atoms with Crippen molar-refractivity contribution in [2.45, 2.75) is 51.0 Å². The molecule has 6 nitrogen and oxygen atoms in total. The van der Waals surface area contributed by atoms with Gasteiger partial charge in [-0.05, 0) is 43.9 Å². The van der Waals surface area contributed by atoms with Crippen molar-refractivity contribution in [3.8, 4) is 0 Å². The monoisotopic (exact) mass is 444 g/mol. The number of aliphatic imine (C=N–C) groups is 1. The highest BCUT2D eigenvalue weighted by atomic mass is 127. The number of primary amides is 1. The number of carbonyl (C=O) groups excluding carboxylic acids is 1. The maximum Gasteiger partial charge on any atom is 0.248 e. The van der Waals surface area contributed by atoms with E-state index in [0.717, 1.165) is 30.9 Å². The minimum atomic E-state index is -0.411. The lowest BCUT2D eigenvalue weighted by Gasteiger charge is -2.22. The van der Waals surface area contributed by atoms with Crippen LogP contribution < -0.4 is 16.4 Å². The van der Waals surface area contributed by atoms with Gasteiger partial charge in [0.05, 0.1) is 24.8 Å². The van der Waals surface area contributed by atoms with Crippen molar-refractivity contribution in [1.82, 2.24) is 10.6 Å². The number of halogens is 1. The van der Waals surface area contributed by atoms with Crippen LogP contribution in [-0.2, 0) is 11.3 Å². The van der Waals surface area contributed by atoms with E-state index in [1.54, 1.807) is 12.1 Å². The summed E-state index contributed by atoms with van der Waals surface area (Å²) >= 11 is 0. The molecule has 3 atom stereocenters. The van der Waals surface area contributed by atoms with Gasteiger partial charge in [0.2, 0.25) is 5.91 Å². The van der Waals surface area contributed by atoms with Gasteiger partial charge in [0, 0.05) is 12.1 Å². The molecule has 3 unspecified atom stereocenters. The van der Waals surface area contributed by atoms with Gasteiger partial charge in [0.25, 0.3) is 0 Å². The number of nitrogens with one attached hydrogen (secondary N) is 2. The number of amides is 1. The van der Waals surface area contributed by atoms with E-state index < -0.39 is 5.91 Å². The normalized spacial score (nSPS) is 25.2. The third kappa shape index (κ3) is 4.60. The second-order valence-electron chi connectivity index (χ2n) is 6.12. The zero-order valence-corrected chi connectivity index (χ0v) is 16.2. The van der Waals surface area contributed by atoms with E-state index in [2.05, 4.69) is 22.5 Å². The van der Waals surface area contributed by atoms with E-state index in [0.29, 0.717) is 30.4 Å². The molecule has 7 heteroatoms. The van der Waals surface area contributed by atoms with Gasteiger partial charge in [-0.2, -0.15) is 0 Å². The molecular formula is C17H25IN4O2. The molecule has 2 aliphatic heterocycles. The Morgan fingerprint density at radius 2 is 2.08 bits per heavy atom. The lowest BCUT2D eigenvalue weighted by molar-refractivity contribution is 0.0991. The number of nitrogens with two attached hydrogens (primary N) is 1. The lowest BCUT2D eigenvalue weighted by Crippen LogP contribution is -2.47. The molecule has 3 rings (SSSR count). The fourth-order valence-electron chi connectivity index (χ4n) is 3.23. The molecule has 2 fully saturated rings. The number of benzene rings is 1. The van der Waals surface area contributed by atoms with Crippen molar-refractivity contribution in [1.29, 1.82) is 0 Å². The molecule has 4 N–H and O–H groups in total. The van der Waals surface area contributed by atoms with Crippen molar-refractivity contribution in [2.75, 3.05) is 6.54 Å². The SMILES string of the molecule is CCNC(=NCc1ccc(C(N)=O)cc1)NC1CC2CCC1O2.I. The number of ether oxygens (including phenoxy) is 1. The van der Waals surface area contributed by atoms with Gasteiger partial charge < -0.3 is 21.1 Å². The van der Waals surface area contributed by atoms with Gasteiger partial charge in [-0.15, -0.1) is 24.0 Å². The molecule has 0 radical (unpaired) electrons. The first kappa shape index (κ1) is 19.0. The average Bonchev–Trinajstić information content (AvgIpc) is 3.16. The summed E-state index contributed by atoms with van der Waals surface area (Å²) in [5.74, 6) is 0.402. The highest BCUT2D eigenvalue weighted by Crippen LogP contribution is 2.34. The third-order valence-corrected chi connectivity index (χ3v) is 4.43. The Balaban J connectivity index is 0.00000208. The van der Waals surface area contributed by atoms with E-state index in [9.17, 15) is 4.79 Å². The van der Waals surface area contributed by atoms with Crippen molar-refractivity contribution >= 4 is 35.8 Å². The summed E-state index contributed by atoms with van der Waals surface area (Å²) in [6, 6.07) is 7.58. The predicted octanol–water partition coefficient (Wildman–Crippen LogP) is 1.78. The van der Waals surface area contributed by atoms with Crippen LogP contribution in [0.3, 0.4) is 0 Å². The number of hydrogen-bond donors (Lipinski definition) is 3. The van der Waals surface area contributed by atoms with Gasteiger partial charge in [-0.1, -0.05) is 12.1 Å². The molecule has 0 aromatic heterocycles. The predicted molar refractivity (Wildman–Crippen MR) is 105 cm³/mol. The zero-order valence-electron chi connectivity index (χ0n) is 13.8. The van der Waals surface area contributed by atoms with Crippen LogP contribution in [0.1, 0.15) is 42.1 Å². The van der Waals surface area contributed by atoms with Crippen molar-refractivity contribution < 1.29 is 9.53 Å². The summed E-state index contributed by atoms with van der Waals surface area (Å²) in [6.07, 6.45) is 4.11. The molecule has 2 bridgehead atoms. The molecule has 2 saturated heterocycles. The van der Waals surface area contributed by atoms with Gasteiger partial charge in [-0.25, -0.2) is 4.99 Å². The van der Waals surface area contributed by atoms with Gasteiger partial charge in [-0.3, -0.25) is 4.79 Å². The van der Waals surface area contributed by atoms with E-state index in [1.807, 2.05) is 12.1 Å². The molecule has 1 aromatic rings.